The van der Waals surface area contributed by atoms with E-state index in [1.807, 2.05) is 59.5 Å². The topological polar surface area (TPSA) is 73.4 Å². The Morgan fingerprint density at radius 1 is 0.931 bits per heavy atom. The molecular weight excluding hydrogens is 364 g/mol. The van der Waals surface area contributed by atoms with E-state index in [9.17, 15) is 14.7 Å². The number of carbonyl (C=O) groups excluding carboxylic acids is 1. The third-order valence-electron chi connectivity index (χ3n) is 5.66. The van der Waals surface area contributed by atoms with Crippen molar-refractivity contribution in [1.29, 1.82) is 0 Å². The summed E-state index contributed by atoms with van der Waals surface area (Å²) in [6.07, 6.45) is 2.50. The number of aromatic amines is 1. The van der Waals surface area contributed by atoms with E-state index >= 15 is 0 Å². The molecule has 2 heterocycles. The van der Waals surface area contributed by atoms with E-state index in [1.165, 1.54) is 0 Å². The van der Waals surface area contributed by atoms with Crippen LogP contribution >= 0.6 is 0 Å². The second kappa shape index (κ2) is 8.35. The first-order chi connectivity index (χ1) is 14.1. The van der Waals surface area contributed by atoms with Crippen LogP contribution in [0.25, 0.3) is 11.3 Å². The van der Waals surface area contributed by atoms with Crippen LogP contribution in [0.15, 0.2) is 66.7 Å². The zero-order valence-electron chi connectivity index (χ0n) is 16.2. The Kier molecular flexibility index (Phi) is 5.47. The van der Waals surface area contributed by atoms with Gasteiger partial charge in [-0.3, -0.25) is 4.79 Å². The molecule has 4 rings (SSSR count). The number of nitrogens with one attached hydrogen (secondary N) is 1. The highest BCUT2D eigenvalue weighted by molar-refractivity contribution is 5.93. The third-order valence-corrected chi connectivity index (χ3v) is 5.66. The smallest absolute Gasteiger partial charge is 0.335 e. The Hall–Kier alpha value is -3.34. The van der Waals surface area contributed by atoms with Crippen LogP contribution in [0, 0.1) is 5.92 Å². The van der Waals surface area contributed by atoms with Crippen LogP contribution in [0.1, 0.15) is 39.3 Å². The SMILES string of the molecule is O=C(O)c1ccccc1CC1CCN(C(=O)c2ccc(-c3ccccc3)[nH]2)CC1. The number of benzene rings is 2. The van der Waals surface area contributed by atoms with Crippen molar-refractivity contribution in [2.24, 2.45) is 5.92 Å². The van der Waals surface area contributed by atoms with Gasteiger partial charge in [0, 0.05) is 18.8 Å². The van der Waals surface area contributed by atoms with Gasteiger partial charge in [-0.2, -0.15) is 0 Å². The number of carboxylic acid groups (broad SMARTS) is 1. The number of hydrogen-bond donors (Lipinski definition) is 2. The van der Waals surface area contributed by atoms with E-state index in [0.717, 1.165) is 36.1 Å². The number of carboxylic acids is 1. The molecule has 0 atom stereocenters. The highest BCUT2D eigenvalue weighted by Gasteiger charge is 2.25. The summed E-state index contributed by atoms with van der Waals surface area (Å²) in [5.74, 6) is -0.464. The number of aromatic carboxylic acids is 1. The molecule has 0 radical (unpaired) electrons. The van der Waals surface area contributed by atoms with Crippen molar-refractivity contribution < 1.29 is 14.7 Å². The first kappa shape index (κ1) is 19.0. The minimum atomic E-state index is -0.880. The summed E-state index contributed by atoms with van der Waals surface area (Å²) < 4.78 is 0. The van der Waals surface area contributed by atoms with Gasteiger partial charge in [-0.15, -0.1) is 0 Å². The minimum Gasteiger partial charge on any atom is -0.478 e. The van der Waals surface area contributed by atoms with Crippen LogP contribution in [0.2, 0.25) is 0 Å². The molecule has 0 aliphatic carbocycles. The van der Waals surface area contributed by atoms with Gasteiger partial charge in [0.2, 0.25) is 0 Å². The number of H-pyrrole nitrogens is 1. The molecule has 1 amide bonds. The molecule has 2 aromatic carbocycles. The van der Waals surface area contributed by atoms with E-state index in [-0.39, 0.29) is 5.91 Å². The first-order valence-corrected chi connectivity index (χ1v) is 9.96. The molecule has 29 heavy (non-hydrogen) atoms. The van der Waals surface area contributed by atoms with Crippen LogP contribution in [0.3, 0.4) is 0 Å². The zero-order chi connectivity index (χ0) is 20.2. The number of carbonyl (C=O) groups is 2. The summed E-state index contributed by atoms with van der Waals surface area (Å²) in [5.41, 5.74) is 3.86. The van der Waals surface area contributed by atoms with Crippen molar-refractivity contribution in [1.82, 2.24) is 9.88 Å². The normalized spacial score (nSPS) is 14.7. The monoisotopic (exact) mass is 388 g/mol. The van der Waals surface area contributed by atoms with Gasteiger partial charge in [0.15, 0.2) is 0 Å². The van der Waals surface area contributed by atoms with Gasteiger partial charge < -0.3 is 15.0 Å². The summed E-state index contributed by atoms with van der Waals surface area (Å²) in [7, 11) is 0. The Morgan fingerprint density at radius 3 is 2.34 bits per heavy atom. The van der Waals surface area contributed by atoms with Crippen LogP contribution < -0.4 is 0 Å². The summed E-state index contributed by atoms with van der Waals surface area (Å²) in [6, 6.07) is 20.9. The zero-order valence-corrected chi connectivity index (χ0v) is 16.2. The molecule has 0 bridgehead atoms. The fourth-order valence-electron chi connectivity index (χ4n) is 4.03. The maximum Gasteiger partial charge on any atom is 0.335 e. The molecular formula is C24H24N2O3. The van der Waals surface area contributed by atoms with Crippen molar-refractivity contribution >= 4 is 11.9 Å². The Bertz CT molecular complexity index is 1000. The largest absolute Gasteiger partial charge is 0.478 e. The Labute approximate surface area is 170 Å². The van der Waals surface area contributed by atoms with Crippen LogP contribution in [0.4, 0.5) is 0 Å². The first-order valence-electron chi connectivity index (χ1n) is 9.96. The lowest BCUT2D eigenvalue weighted by atomic mass is 9.88. The van der Waals surface area contributed by atoms with Crippen LogP contribution in [0.5, 0.6) is 0 Å². The number of hydrogen-bond acceptors (Lipinski definition) is 2. The van der Waals surface area contributed by atoms with Gasteiger partial charge in [0.1, 0.15) is 5.69 Å². The average molecular weight is 388 g/mol. The van der Waals surface area contributed by atoms with Gasteiger partial charge in [-0.05, 0) is 54.5 Å². The van der Waals surface area contributed by atoms with E-state index in [0.29, 0.717) is 30.3 Å². The van der Waals surface area contributed by atoms with Crippen molar-refractivity contribution in [3.8, 4) is 11.3 Å². The fourth-order valence-corrected chi connectivity index (χ4v) is 4.03. The van der Waals surface area contributed by atoms with Crippen LogP contribution in [-0.4, -0.2) is 40.0 Å². The summed E-state index contributed by atoms with van der Waals surface area (Å²) in [5, 5.41) is 9.36. The van der Waals surface area contributed by atoms with Gasteiger partial charge in [-0.1, -0.05) is 48.5 Å². The molecule has 1 aliphatic rings. The maximum atomic E-state index is 12.9. The maximum absolute atomic E-state index is 12.9. The third kappa shape index (κ3) is 4.24. The lowest BCUT2D eigenvalue weighted by molar-refractivity contribution is 0.0685. The number of rotatable bonds is 5. The number of nitrogens with zero attached hydrogens (tertiary/aromatic N) is 1. The van der Waals surface area contributed by atoms with Gasteiger partial charge in [-0.25, -0.2) is 4.79 Å². The fraction of sp³-hybridized carbons (Fsp3) is 0.250. The van der Waals surface area contributed by atoms with Crippen molar-refractivity contribution in [2.75, 3.05) is 13.1 Å². The van der Waals surface area contributed by atoms with Gasteiger partial charge >= 0.3 is 5.97 Å². The molecule has 2 N–H and O–H groups in total. The lowest BCUT2D eigenvalue weighted by Crippen LogP contribution is -2.39. The Morgan fingerprint density at radius 2 is 1.62 bits per heavy atom. The summed E-state index contributed by atoms with van der Waals surface area (Å²) in [6.45, 7) is 1.39. The minimum absolute atomic E-state index is 0.0246. The molecule has 5 heteroatoms. The molecule has 148 valence electrons. The summed E-state index contributed by atoms with van der Waals surface area (Å²) in [4.78, 5) is 29.4. The summed E-state index contributed by atoms with van der Waals surface area (Å²) >= 11 is 0. The average Bonchev–Trinajstić information content (AvgIpc) is 3.25. The molecule has 0 saturated carbocycles. The van der Waals surface area contributed by atoms with E-state index in [4.69, 9.17) is 0 Å². The standard InChI is InChI=1S/C24H24N2O3/c27-23(22-11-10-21(25-22)18-6-2-1-3-7-18)26-14-12-17(13-15-26)16-19-8-4-5-9-20(19)24(28)29/h1-11,17,25H,12-16H2,(H,28,29). The van der Waals surface area contributed by atoms with E-state index < -0.39 is 5.97 Å². The number of aromatic nitrogens is 1. The molecule has 0 unspecified atom stereocenters. The number of amides is 1. The molecule has 1 fully saturated rings. The van der Waals surface area contributed by atoms with Crippen molar-refractivity contribution in [2.45, 2.75) is 19.3 Å². The highest BCUT2D eigenvalue weighted by atomic mass is 16.4. The molecule has 1 aromatic heterocycles. The molecule has 1 saturated heterocycles. The second-order valence-corrected chi connectivity index (χ2v) is 7.55. The van der Waals surface area contributed by atoms with Gasteiger partial charge in [0.25, 0.3) is 5.91 Å². The molecule has 0 spiro atoms. The molecule has 1 aliphatic heterocycles. The second-order valence-electron chi connectivity index (χ2n) is 7.55. The van der Waals surface area contributed by atoms with Crippen molar-refractivity contribution in [3.05, 3.63) is 83.6 Å². The Balaban J connectivity index is 1.37. The molecule has 3 aromatic rings. The number of piperidine rings is 1. The molecule has 5 nitrogen and oxygen atoms in total. The van der Waals surface area contributed by atoms with E-state index in [1.54, 1.807) is 12.1 Å². The quantitative estimate of drug-likeness (QED) is 0.677. The number of likely N-dealkylation sites (tertiary alicyclic amines) is 1. The van der Waals surface area contributed by atoms with E-state index in [2.05, 4.69) is 4.98 Å². The predicted octanol–water partition coefficient (Wildman–Crippen LogP) is 4.47. The van der Waals surface area contributed by atoms with Gasteiger partial charge in [0.05, 0.1) is 5.56 Å². The highest BCUT2D eigenvalue weighted by Crippen LogP contribution is 2.25. The van der Waals surface area contributed by atoms with Crippen molar-refractivity contribution in [3.63, 3.8) is 0 Å². The lowest BCUT2D eigenvalue weighted by Gasteiger charge is -2.32. The predicted molar refractivity (Wildman–Crippen MR) is 112 cm³/mol. The van der Waals surface area contributed by atoms with Crippen LogP contribution in [-0.2, 0) is 6.42 Å².